The summed E-state index contributed by atoms with van der Waals surface area (Å²) in [5, 5.41) is 21.4. The Morgan fingerprint density at radius 3 is 1.68 bits per heavy atom. The van der Waals surface area contributed by atoms with Crippen molar-refractivity contribution >= 4 is 29.9 Å². The van der Waals surface area contributed by atoms with Crippen LogP contribution in [0.15, 0.2) is 0 Å². The predicted molar refractivity (Wildman–Crippen MR) is 136 cm³/mol. The van der Waals surface area contributed by atoms with E-state index in [1.807, 2.05) is 9.80 Å². The molecule has 1 rings (SSSR count). The Labute approximate surface area is 218 Å². The highest BCUT2D eigenvalue weighted by Gasteiger charge is 2.20. The molecule has 6 N–H and O–H groups in total. The second-order valence-electron chi connectivity index (χ2n) is 9.26. The van der Waals surface area contributed by atoms with E-state index in [4.69, 9.17) is 5.84 Å². The maximum atomic E-state index is 12.6. The fourth-order valence-corrected chi connectivity index (χ4v) is 4.09. The molecule has 14 heteroatoms. The number of hydrazine groups is 1. The van der Waals surface area contributed by atoms with Crippen molar-refractivity contribution in [3.05, 3.63) is 0 Å². The molecule has 14 nitrogen and oxygen atoms in total. The zero-order valence-corrected chi connectivity index (χ0v) is 21.8. The van der Waals surface area contributed by atoms with Crippen LogP contribution in [0.1, 0.15) is 26.2 Å². The molecular weight excluding hydrogens is 486 g/mol. The summed E-state index contributed by atoms with van der Waals surface area (Å²) in [7, 11) is 0. The van der Waals surface area contributed by atoms with Crippen molar-refractivity contribution in [1.82, 2.24) is 30.3 Å². The number of nitrogens with one attached hydrogen (secondary N) is 2. The van der Waals surface area contributed by atoms with Crippen LogP contribution in [0.3, 0.4) is 0 Å². The van der Waals surface area contributed by atoms with Gasteiger partial charge in [0, 0.05) is 58.9 Å². The van der Waals surface area contributed by atoms with Gasteiger partial charge in [0.05, 0.1) is 32.2 Å². The minimum absolute atomic E-state index is 0.0306. The molecule has 1 aliphatic rings. The maximum absolute atomic E-state index is 12.6. The van der Waals surface area contributed by atoms with E-state index in [0.717, 1.165) is 12.7 Å². The van der Waals surface area contributed by atoms with Gasteiger partial charge in [0.25, 0.3) is 0 Å². The average molecular weight is 530 g/mol. The van der Waals surface area contributed by atoms with E-state index in [1.54, 1.807) is 9.80 Å². The van der Waals surface area contributed by atoms with Crippen LogP contribution >= 0.6 is 0 Å². The number of nitrogens with zero attached hydrogens (tertiary/aromatic N) is 4. The normalized spacial score (nSPS) is 18.3. The van der Waals surface area contributed by atoms with Gasteiger partial charge in [0.15, 0.2) is 0 Å². The molecule has 1 unspecified atom stereocenters. The molecule has 0 saturated carbocycles. The molecular formula is C23H43N7O7. The molecule has 1 saturated heterocycles. The summed E-state index contributed by atoms with van der Waals surface area (Å²) in [6.07, 6.45) is 2.81. The Morgan fingerprint density at radius 2 is 1.27 bits per heavy atom. The number of aliphatic carboxylic acids is 2. The molecule has 1 fully saturated rings. The lowest BCUT2D eigenvalue weighted by Crippen LogP contribution is -2.49. The summed E-state index contributed by atoms with van der Waals surface area (Å²) in [5.41, 5.74) is 2.48. The topological polar surface area (TPSA) is 189 Å². The molecule has 37 heavy (non-hydrogen) atoms. The first-order valence-corrected chi connectivity index (χ1v) is 12.6. The highest BCUT2D eigenvalue weighted by atomic mass is 16.4. The number of rotatable bonds is 15. The number of carbonyl (C=O) groups is 5. The van der Waals surface area contributed by atoms with Gasteiger partial charge in [0.1, 0.15) is 12.1 Å². The standard InChI is InChI=1S/C23H43N7O7/c1-19(32)20(26-24)4-2-3-5-25-21(33)16-28-8-6-27(14-15-31)7-9-29(17-22(34)35)12-13-30(11-10-28)18-23(36)37/h15,20,26H,2-14,16-18,24H2,1H3,(H,25,33)(H,34,35)(H,36,37). The van der Waals surface area contributed by atoms with Crippen LogP contribution in [0.2, 0.25) is 0 Å². The monoisotopic (exact) mass is 529 g/mol. The Kier molecular flexibility index (Phi) is 16.5. The van der Waals surface area contributed by atoms with Crippen molar-refractivity contribution in [3.8, 4) is 0 Å². The molecule has 0 radical (unpaired) electrons. The number of aldehydes is 1. The summed E-state index contributed by atoms with van der Waals surface area (Å²) < 4.78 is 0. The number of unbranched alkanes of at least 4 members (excludes halogenated alkanes) is 1. The third-order valence-corrected chi connectivity index (χ3v) is 6.28. The van der Waals surface area contributed by atoms with Crippen LogP contribution in [0.4, 0.5) is 0 Å². The summed E-state index contributed by atoms with van der Waals surface area (Å²) >= 11 is 0. The molecule has 1 amide bonds. The second kappa shape index (κ2) is 18.7. The summed E-state index contributed by atoms with van der Waals surface area (Å²) in [6.45, 7) is 5.38. The summed E-state index contributed by atoms with van der Waals surface area (Å²) in [4.78, 5) is 65.1. The molecule has 1 heterocycles. The van der Waals surface area contributed by atoms with Gasteiger partial charge in [-0.3, -0.25) is 44.6 Å². The van der Waals surface area contributed by atoms with Gasteiger partial charge < -0.3 is 20.3 Å². The second-order valence-corrected chi connectivity index (χ2v) is 9.26. The van der Waals surface area contributed by atoms with Crippen LogP contribution in [-0.2, 0) is 24.0 Å². The number of nitrogens with two attached hydrogens (primary N) is 1. The number of carboxylic acids is 2. The number of amides is 1. The molecule has 1 atom stereocenters. The Bertz CT molecular complexity index is 740. The van der Waals surface area contributed by atoms with Crippen molar-refractivity contribution in [1.29, 1.82) is 0 Å². The van der Waals surface area contributed by atoms with Gasteiger partial charge in [-0.2, -0.15) is 0 Å². The minimum Gasteiger partial charge on any atom is -0.480 e. The van der Waals surface area contributed by atoms with E-state index in [0.29, 0.717) is 71.7 Å². The van der Waals surface area contributed by atoms with Crippen LogP contribution in [0.5, 0.6) is 0 Å². The van der Waals surface area contributed by atoms with Gasteiger partial charge in [-0.25, -0.2) is 5.43 Å². The number of hydrogen-bond acceptors (Lipinski definition) is 11. The third kappa shape index (κ3) is 15.4. The fourth-order valence-electron chi connectivity index (χ4n) is 4.09. The van der Waals surface area contributed by atoms with Crippen LogP contribution in [0.25, 0.3) is 0 Å². The number of carbonyl (C=O) groups excluding carboxylic acids is 3. The lowest BCUT2D eigenvalue weighted by Gasteiger charge is -2.32. The van der Waals surface area contributed by atoms with E-state index in [-0.39, 0.29) is 37.9 Å². The molecule has 0 aromatic rings. The smallest absolute Gasteiger partial charge is 0.317 e. The average Bonchev–Trinajstić information content (AvgIpc) is 2.82. The predicted octanol–water partition coefficient (Wildman–Crippen LogP) is -2.72. The maximum Gasteiger partial charge on any atom is 0.317 e. The van der Waals surface area contributed by atoms with E-state index in [9.17, 15) is 34.2 Å². The van der Waals surface area contributed by atoms with E-state index >= 15 is 0 Å². The van der Waals surface area contributed by atoms with E-state index in [2.05, 4.69) is 10.7 Å². The van der Waals surface area contributed by atoms with E-state index in [1.165, 1.54) is 6.92 Å². The Hall–Kier alpha value is -2.49. The number of ketones is 1. The minimum atomic E-state index is -0.977. The SMILES string of the molecule is CC(=O)C(CCCCNC(=O)CN1CCN(CC=O)CCN(CC(=O)O)CCN(CC(=O)O)CC1)NN. The molecule has 0 aliphatic carbocycles. The third-order valence-electron chi connectivity index (χ3n) is 6.28. The molecule has 0 aromatic carbocycles. The highest BCUT2D eigenvalue weighted by molar-refractivity contribution is 5.81. The van der Waals surface area contributed by atoms with Gasteiger partial charge in [-0.1, -0.05) is 0 Å². The molecule has 0 bridgehead atoms. The van der Waals surface area contributed by atoms with Gasteiger partial charge in [-0.05, 0) is 26.2 Å². The number of carboxylic acid groups (broad SMARTS) is 2. The molecule has 0 aromatic heterocycles. The fraction of sp³-hybridized carbons (Fsp3) is 0.783. The lowest BCUT2D eigenvalue weighted by atomic mass is 10.1. The summed E-state index contributed by atoms with van der Waals surface area (Å²) in [6, 6.07) is -0.391. The quantitative estimate of drug-likeness (QED) is 0.0637. The van der Waals surface area contributed by atoms with Crippen LogP contribution in [-0.4, -0.2) is 151 Å². The van der Waals surface area contributed by atoms with Crippen molar-refractivity contribution in [3.63, 3.8) is 0 Å². The Morgan fingerprint density at radius 1 is 0.811 bits per heavy atom. The number of Topliss-reactive ketones (excluding diaryl/α,β-unsaturated/α-hetero) is 1. The lowest BCUT2D eigenvalue weighted by molar-refractivity contribution is -0.140. The highest BCUT2D eigenvalue weighted by Crippen LogP contribution is 2.02. The van der Waals surface area contributed by atoms with Gasteiger partial charge >= 0.3 is 11.9 Å². The molecule has 1 aliphatic heterocycles. The first kappa shape index (κ1) is 32.5. The summed E-state index contributed by atoms with van der Waals surface area (Å²) in [5.74, 6) is 3.23. The van der Waals surface area contributed by atoms with Crippen molar-refractivity contribution < 1.29 is 34.2 Å². The first-order valence-electron chi connectivity index (χ1n) is 12.6. The number of hydrogen-bond donors (Lipinski definition) is 5. The van der Waals surface area contributed by atoms with E-state index < -0.39 is 18.0 Å². The zero-order chi connectivity index (χ0) is 27.6. The first-order chi connectivity index (χ1) is 17.6. The molecule has 0 spiro atoms. The van der Waals surface area contributed by atoms with Crippen molar-refractivity contribution in [2.24, 2.45) is 5.84 Å². The van der Waals surface area contributed by atoms with Crippen LogP contribution in [0, 0.1) is 0 Å². The zero-order valence-electron chi connectivity index (χ0n) is 21.8. The van der Waals surface area contributed by atoms with Crippen molar-refractivity contribution in [2.75, 3.05) is 85.1 Å². The Balaban J connectivity index is 2.71. The molecule has 212 valence electrons. The van der Waals surface area contributed by atoms with Gasteiger partial charge in [-0.15, -0.1) is 0 Å². The largest absolute Gasteiger partial charge is 0.480 e. The van der Waals surface area contributed by atoms with Gasteiger partial charge in [0.2, 0.25) is 5.91 Å². The van der Waals surface area contributed by atoms with Crippen molar-refractivity contribution in [2.45, 2.75) is 32.2 Å². The van der Waals surface area contributed by atoms with Crippen LogP contribution < -0.4 is 16.6 Å².